The first kappa shape index (κ1) is 15.2. The summed E-state index contributed by atoms with van der Waals surface area (Å²) in [7, 11) is -0.476. The predicted octanol–water partition coefficient (Wildman–Crippen LogP) is 2.22. The van der Waals surface area contributed by atoms with Gasteiger partial charge in [0, 0.05) is 32.3 Å². The van der Waals surface area contributed by atoms with Gasteiger partial charge in [0.05, 0.1) is 21.8 Å². The second-order valence-electron chi connectivity index (χ2n) is 5.37. The molecule has 118 valence electrons. The summed E-state index contributed by atoms with van der Waals surface area (Å²) in [5.41, 5.74) is 1.31. The van der Waals surface area contributed by atoms with E-state index in [-0.39, 0.29) is 11.0 Å². The Morgan fingerprint density at radius 2 is 2.18 bits per heavy atom. The summed E-state index contributed by atoms with van der Waals surface area (Å²) < 4.78 is 33.9. The number of halogens is 1. The van der Waals surface area contributed by atoms with Crippen LogP contribution in [-0.4, -0.2) is 31.3 Å². The fourth-order valence-electron chi connectivity index (χ4n) is 2.48. The molecule has 1 aliphatic rings. The molecule has 0 saturated heterocycles. The number of fused-ring (bicyclic) bond motifs is 1. The van der Waals surface area contributed by atoms with E-state index in [2.05, 4.69) is 5.10 Å². The smallest absolute Gasteiger partial charge is 0.264 e. The molecule has 0 aliphatic carbocycles. The molecule has 0 spiro atoms. The van der Waals surface area contributed by atoms with Crippen molar-refractivity contribution in [3.8, 4) is 5.75 Å². The van der Waals surface area contributed by atoms with E-state index >= 15 is 0 Å². The molecule has 8 heteroatoms. The van der Waals surface area contributed by atoms with Crippen LogP contribution < -0.4 is 9.04 Å². The van der Waals surface area contributed by atoms with Crippen molar-refractivity contribution >= 4 is 27.3 Å². The third kappa shape index (κ3) is 2.44. The highest BCUT2D eigenvalue weighted by atomic mass is 35.5. The molecule has 0 radical (unpaired) electrons. The van der Waals surface area contributed by atoms with E-state index in [0.717, 1.165) is 5.56 Å². The number of benzene rings is 1. The van der Waals surface area contributed by atoms with Gasteiger partial charge in [0.15, 0.2) is 0 Å². The summed E-state index contributed by atoms with van der Waals surface area (Å²) in [6.45, 7) is 1.92. The SMILES string of the molecule is CC1Cc2cc(S(=O)(=O)N(C)c3cnn(C)c3)cc(Cl)c2O1. The first-order valence-electron chi connectivity index (χ1n) is 6.75. The number of hydrogen-bond acceptors (Lipinski definition) is 4. The van der Waals surface area contributed by atoms with Crippen LogP contribution in [-0.2, 0) is 23.5 Å². The van der Waals surface area contributed by atoms with Crippen molar-refractivity contribution in [2.24, 2.45) is 7.05 Å². The third-order valence-corrected chi connectivity index (χ3v) is 5.68. The molecule has 0 N–H and O–H groups in total. The van der Waals surface area contributed by atoms with Crippen molar-refractivity contribution in [3.63, 3.8) is 0 Å². The minimum Gasteiger partial charge on any atom is -0.489 e. The van der Waals surface area contributed by atoms with E-state index in [9.17, 15) is 8.42 Å². The van der Waals surface area contributed by atoms with Crippen LogP contribution in [0.2, 0.25) is 5.02 Å². The lowest BCUT2D eigenvalue weighted by molar-refractivity contribution is 0.255. The molecule has 2 aromatic rings. The first-order valence-corrected chi connectivity index (χ1v) is 8.57. The van der Waals surface area contributed by atoms with Gasteiger partial charge in [0.1, 0.15) is 11.9 Å². The molecule has 1 atom stereocenters. The molecule has 1 unspecified atom stereocenters. The zero-order valence-electron chi connectivity index (χ0n) is 12.4. The first-order chi connectivity index (χ1) is 10.3. The highest BCUT2D eigenvalue weighted by Gasteiger charge is 2.28. The lowest BCUT2D eigenvalue weighted by atomic mass is 10.1. The van der Waals surface area contributed by atoms with Crippen LogP contribution in [0.25, 0.3) is 0 Å². The number of sulfonamides is 1. The summed E-state index contributed by atoms with van der Waals surface area (Å²) in [5, 5.41) is 4.31. The van der Waals surface area contributed by atoms with Gasteiger partial charge in [-0.2, -0.15) is 5.10 Å². The van der Waals surface area contributed by atoms with Crippen molar-refractivity contribution in [2.45, 2.75) is 24.3 Å². The van der Waals surface area contributed by atoms with Crippen molar-refractivity contribution < 1.29 is 13.2 Å². The predicted molar refractivity (Wildman–Crippen MR) is 84.0 cm³/mol. The molecule has 0 amide bonds. The third-order valence-electron chi connectivity index (χ3n) is 3.63. The Morgan fingerprint density at radius 3 is 2.82 bits per heavy atom. The van der Waals surface area contributed by atoms with Crippen molar-refractivity contribution in [2.75, 3.05) is 11.4 Å². The largest absolute Gasteiger partial charge is 0.489 e. The number of ether oxygens (including phenoxy) is 1. The average Bonchev–Trinajstić information content (AvgIpc) is 3.03. The molecule has 3 rings (SSSR count). The Kier molecular flexibility index (Phi) is 3.57. The molecular formula is C14H16ClN3O3S. The van der Waals surface area contributed by atoms with Crippen LogP contribution in [0.3, 0.4) is 0 Å². The lowest BCUT2D eigenvalue weighted by Crippen LogP contribution is -2.26. The van der Waals surface area contributed by atoms with Gasteiger partial charge in [0.25, 0.3) is 10.0 Å². The fraction of sp³-hybridized carbons (Fsp3) is 0.357. The number of anilines is 1. The number of hydrogen-bond donors (Lipinski definition) is 0. The van der Waals surface area contributed by atoms with Crippen LogP contribution in [0.4, 0.5) is 5.69 Å². The summed E-state index contributed by atoms with van der Waals surface area (Å²) >= 11 is 6.18. The molecule has 22 heavy (non-hydrogen) atoms. The highest BCUT2D eigenvalue weighted by molar-refractivity contribution is 7.92. The molecule has 0 fully saturated rings. The maximum absolute atomic E-state index is 12.8. The van der Waals surface area contributed by atoms with Crippen LogP contribution >= 0.6 is 11.6 Å². The number of rotatable bonds is 3. The quantitative estimate of drug-likeness (QED) is 0.858. The zero-order chi connectivity index (χ0) is 16.1. The maximum atomic E-state index is 12.8. The lowest BCUT2D eigenvalue weighted by Gasteiger charge is -2.18. The Hall–Kier alpha value is -1.73. The summed E-state index contributed by atoms with van der Waals surface area (Å²) in [6.07, 6.45) is 3.78. The van der Waals surface area contributed by atoms with E-state index in [0.29, 0.717) is 22.9 Å². The van der Waals surface area contributed by atoms with Crippen LogP contribution in [0.1, 0.15) is 12.5 Å². The van der Waals surface area contributed by atoms with Crippen LogP contribution in [0.5, 0.6) is 5.75 Å². The molecule has 0 bridgehead atoms. The normalized spacial score (nSPS) is 17.2. The van der Waals surface area contributed by atoms with E-state index in [4.69, 9.17) is 16.3 Å². The van der Waals surface area contributed by atoms with Crippen LogP contribution in [0, 0.1) is 0 Å². The Morgan fingerprint density at radius 1 is 1.45 bits per heavy atom. The second kappa shape index (κ2) is 5.17. The minimum absolute atomic E-state index is 0.00140. The Balaban J connectivity index is 2.03. The molecule has 0 saturated carbocycles. The van der Waals surface area contributed by atoms with Gasteiger partial charge in [-0.3, -0.25) is 8.99 Å². The Labute approximate surface area is 134 Å². The summed E-state index contributed by atoms with van der Waals surface area (Å²) in [4.78, 5) is 0.153. The van der Waals surface area contributed by atoms with Gasteiger partial charge in [-0.15, -0.1) is 0 Å². The maximum Gasteiger partial charge on any atom is 0.264 e. The monoisotopic (exact) mass is 341 g/mol. The second-order valence-corrected chi connectivity index (χ2v) is 7.75. The topological polar surface area (TPSA) is 64.4 Å². The molecular weight excluding hydrogens is 326 g/mol. The van der Waals surface area contributed by atoms with Gasteiger partial charge >= 0.3 is 0 Å². The zero-order valence-corrected chi connectivity index (χ0v) is 14.0. The van der Waals surface area contributed by atoms with Gasteiger partial charge in [-0.25, -0.2) is 8.42 Å². The van der Waals surface area contributed by atoms with Crippen molar-refractivity contribution in [3.05, 3.63) is 35.1 Å². The number of aromatic nitrogens is 2. The van der Waals surface area contributed by atoms with E-state index in [1.54, 1.807) is 24.0 Å². The molecule has 1 aromatic carbocycles. The van der Waals surface area contributed by atoms with Gasteiger partial charge in [-0.05, 0) is 19.1 Å². The van der Waals surface area contributed by atoms with Crippen molar-refractivity contribution in [1.82, 2.24) is 9.78 Å². The van der Waals surface area contributed by atoms with E-state index in [1.165, 1.54) is 23.6 Å². The average molecular weight is 342 g/mol. The van der Waals surface area contributed by atoms with Gasteiger partial charge in [-0.1, -0.05) is 11.6 Å². The number of aryl methyl sites for hydroxylation is 1. The van der Waals surface area contributed by atoms with E-state index in [1.807, 2.05) is 6.92 Å². The summed E-state index contributed by atoms with van der Waals surface area (Å²) in [6, 6.07) is 3.06. The molecule has 1 aromatic heterocycles. The van der Waals surface area contributed by atoms with E-state index < -0.39 is 10.0 Å². The van der Waals surface area contributed by atoms with Crippen LogP contribution in [0.15, 0.2) is 29.4 Å². The molecule has 2 heterocycles. The van der Waals surface area contributed by atoms with Crippen molar-refractivity contribution in [1.29, 1.82) is 0 Å². The fourth-order valence-corrected chi connectivity index (χ4v) is 4.07. The molecule has 1 aliphatic heterocycles. The standard InChI is InChI=1S/C14H16ClN3O3S/c1-9-4-10-5-12(6-13(15)14(10)21-9)22(19,20)18(3)11-7-16-17(2)8-11/h5-9H,4H2,1-3H3. The van der Waals surface area contributed by atoms with Gasteiger partial charge < -0.3 is 4.74 Å². The molecule has 6 nitrogen and oxygen atoms in total. The highest BCUT2D eigenvalue weighted by Crippen LogP contribution is 2.38. The summed E-state index contributed by atoms with van der Waals surface area (Å²) in [5.74, 6) is 0.581. The number of nitrogens with zero attached hydrogens (tertiary/aromatic N) is 3. The Bertz CT molecular complexity index is 832. The minimum atomic E-state index is -3.70. The van der Waals surface area contributed by atoms with Gasteiger partial charge in [0.2, 0.25) is 0 Å².